The molecular formula is C40H32N4O4S2. The Kier molecular flexibility index (Phi) is 11.1. The molecule has 50 heavy (non-hydrogen) atoms. The molecule has 10 heteroatoms. The van der Waals surface area contributed by atoms with Crippen LogP contribution in [0.2, 0.25) is 0 Å². The Hall–Kier alpha value is -5.97. The molecule has 1 atom stereocenters. The van der Waals surface area contributed by atoms with Gasteiger partial charge in [-0.25, -0.2) is 4.98 Å². The Balaban J connectivity index is 1.21. The number of benzene rings is 5. The first-order valence-corrected chi connectivity index (χ1v) is 17.4. The van der Waals surface area contributed by atoms with Crippen molar-refractivity contribution in [2.24, 2.45) is 0 Å². The molecule has 6 aromatic rings. The molecule has 0 saturated carbocycles. The van der Waals surface area contributed by atoms with Crippen molar-refractivity contribution in [2.75, 3.05) is 17.7 Å². The quantitative estimate of drug-likeness (QED) is 0.0873. The molecule has 0 spiro atoms. The lowest BCUT2D eigenvalue weighted by Crippen LogP contribution is -2.30. The fourth-order valence-corrected chi connectivity index (χ4v) is 6.74. The number of aromatic nitrogens is 1. The zero-order valence-corrected chi connectivity index (χ0v) is 28.5. The van der Waals surface area contributed by atoms with Crippen LogP contribution in [0, 0.1) is 0 Å². The molecule has 5 aromatic carbocycles. The molecule has 3 N–H and O–H groups in total. The van der Waals surface area contributed by atoms with Crippen molar-refractivity contribution in [3.8, 4) is 17.0 Å². The number of thioether (sulfide) groups is 1. The van der Waals surface area contributed by atoms with E-state index in [4.69, 9.17) is 4.74 Å². The van der Waals surface area contributed by atoms with Gasteiger partial charge in [-0.05, 0) is 59.7 Å². The summed E-state index contributed by atoms with van der Waals surface area (Å²) >= 11 is 2.72. The van der Waals surface area contributed by atoms with Crippen molar-refractivity contribution >= 4 is 57.7 Å². The minimum Gasteiger partial charge on any atom is -0.497 e. The lowest BCUT2D eigenvalue weighted by molar-refractivity contribution is -0.116. The van der Waals surface area contributed by atoms with Crippen molar-refractivity contribution in [1.29, 1.82) is 0 Å². The molecule has 0 aliphatic heterocycles. The second kappa shape index (κ2) is 16.4. The number of methoxy groups -OCH3 is 1. The van der Waals surface area contributed by atoms with Crippen LogP contribution in [0.5, 0.6) is 5.75 Å². The third kappa shape index (κ3) is 8.93. The summed E-state index contributed by atoms with van der Waals surface area (Å²) in [4.78, 5) is 45.9. The van der Waals surface area contributed by atoms with Gasteiger partial charge >= 0.3 is 0 Å². The number of nitrogens with one attached hydrogen (secondary N) is 3. The highest BCUT2D eigenvalue weighted by Gasteiger charge is 2.24. The molecule has 248 valence electrons. The monoisotopic (exact) mass is 696 g/mol. The number of amides is 3. The van der Waals surface area contributed by atoms with Crippen LogP contribution >= 0.6 is 23.1 Å². The number of hydrogen-bond donors (Lipinski definition) is 3. The van der Waals surface area contributed by atoms with Crippen LogP contribution in [0.1, 0.15) is 26.7 Å². The van der Waals surface area contributed by atoms with Crippen LogP contribution in [-0.2, 0) is 9.59 Å². The van der Waals surface area contributed by atoms with Gasteiger partial charge in [0.1, 0.15) is 16.7 Å². The number of nitrogens with zero attached hydrogens (tertiary/aromatic N) is 1. The Morgan fingerprint density at radius 2 is 1.46 bits per heavy atom. The van der Waals surface area contributed by atoms with Gasteiger partial charge in [-0.3, -0.25) is 14.4 Å². The maximum Gasteiger partial charge on any atom is 0.272 e. The van der Waals surface area contributed by atoms with Crippen molar-refractivity contribution in [2.45, 2.75) is 10.1 Å². The number of hydrogen-bond acceptors (Lipinski definition) is 7. The normalized spacial score (nSPS) is 11.7. The van der Waals surface area contributed by atoms with Gasteiger partial charge in [-0.2, -0.15) is 0 Å². The highest BCUT2D eigenvalue weighted by Crippen LogP contribution is 2.38. The Bertz CT molecular complexity index is 2100. The van der Waals surface area contributed by atoms with Crippen LogP contribution in [0.25, 0.3) is 17.3 Å². The van der Waals surface area contributed by atoms with Gasteiger partial charge < -0.3 is 20.7 Å². The van der Waals surface area contributed by atoms with E-state index in [1.807, 2.05) is 78.2 Å². The number of ether oxygens (including phenoxy) is 1. The molecular weight excluding hydrogens is 665 g/mol. The molecule has 8 nitrogen and oxygen atoms in total. The average Bonchev–Trinajstić information content (AvgIpc) is 3.63. The highest BCUT2D eigenvalue weighted by atomic mass is 32.2. The van der Waals surface area contributed by atoms with Crippen LogP contribution in [0.3, 0.4) is 0 Å². The number of carbonyl (C=O) groups excluding carboxylic acids is 3. The smallest absolute Gasteiger partial charge is 0.272 e. The van der Waals surface area contributed by atoms with Gasteiger partial charge in [0.05, 0.1) is 12.8 Å². The molecule has 0 radical (unpaired) electrons. The summed E-state index contributed by atoms with van der Waals surface area (Å²) in [6, 6.07) is 42.4. The first-order valence-electron chi connectivity index (χ1n) is 15.6. The lowest BCUT2D eigenvalue weighted by Gasteiger charge is -2.17. The number of rotatable bonds is 12. The Morgan fingerprint density at radius 3 is 2.16 bits per heavy atom. The number of carbonyl (C=O) groups is 3. The fraction of sp³-hybridized carbons (Fsp3) is 0.0500. The summed E-state index contributed by atoms with van der Waals surface area (Å²) in [5.74, 6) is -0.486. The number of anilines is 2. The van der Waals surface area contributed by atoms with Gasteiger partial charge in [-0.15, -0.1) is 23.1 Å². The van der Waals surface area contributed by atoms with E-state index in [1.54, 1.807) is 79.9 Å². The van der Waals surface area contributed by atoms with Gasteiger partial charge in [-0.1, -0.05) is 97.1 Å². The molecule has 1 unspecified atom stereocenters. The van der Waals surface area contributed by atoms with Crippen LogP contribution < -0.4 is 20.7 Å². The maximum atomic E-state index is 13.8. The molecule has 0 aliphatic carbocycles. The van der Waals surface area contributed by atoms with E-state index in [9.17, 15) is 14.4 Å². The van der Waals surface area contributed by atoms with E-state index >= 15 is 0 Å². The van der Waals surface area contributed by atoms with E-state index in [0.29, 0.717) is 27.7 Å². The van der Waals surface area contributed by atoms with Gasteiger partial charge in [0, 0.05) is 27.1 Å². The number of thiazole rings is 1. The summed E-state index contributed by atoms with van der Waals surface area (Å²) in [5, 5.41) is 10.5. The summed E-state index contributed by atoms with van der Waals surface area (Å²) in [5.41, 5.74) is 4.24. The largest absolute Gasteiger partial charge is 0.497 e. The van der Waals surface area contributed by atoms with Crippen LogP contribution in [0.15, 0.2) is 155 Å². The van der Waals surface area contributed by atoms with Gasteiger partial charge in [0.25, 0.3) is 11.8 Å². The minimum atomic E-state index is -0.609. The molecule has 0 bridgehead atoms. The average molecular weight is 697 g/mol. The second-order valence-corrected chi connectivity index (χ2v) is 13.0. The summed E-state index contributed by atoms with van der Waals surface area (Å²) in [6.45, 7) is 0. The topological polar surface area (TPSA) is 109 Å². The summed E-state index contributed by atoms with van der Waals surface area (Å²) in [6.07, 6.45) is 1.60. The minimum absolute atomic E-state index is 0.0573. The van der Waals surface area contributed by atoms with Crippen molar-refractivity contribution in [1.82, 2.24) is 10.3 Å². The lowest BCUT2D eigenvalue weighted by atomic mass is 10.1. The SMILES string of the molecule is COc1ccc(/C=C(/NC(=O)c2ccccc2)C(=O)Nc2cccc(SC(C(=O)Nc3nc(-c4ccccc4)cs3)c3ccccc3)c2)cc1. The highest BCUT2D eigenvalue weighted by molar-refractivity contribution is 8.00. The molecule has 1 aromatic heterocycles. The first-order chi connectivity index (χ1) is 24.4. The van der Waals surface area contributed by atoms with Crippen molar-refractivity contribution in [3.63, 3.8) is 0 Å². The molecule has 0 fully saturated rings. The first kappa shape index (κ1) is 33.9. The molecule has 6 rings (SSSR count). The molecule has 1 heterocycles. The van der Waals surface area contributed by atoms with E-state index in [1.165, 1.54) is 23.1 Å². The molecule has 3 amide bonds. The predicted molar refractivity (Wildman–Crippen MR) is 201 cm³/mol. The second-order valence-electron chi connectivity index (χ2n) is 10.9. The van der Waals surface area contributed by atoms with Crippen LogP contribution in [-0.4, -0.2) is 29.8 Å². The third-order valence-electron chi connectivity index (χ3n) is 7.45. The predicted octanol–water partition coefficient (Wildman–Crippen LogP) is 8.70. The zero-order chi connectivity index (χ0) is 34.7. The van der Waals surface area contributed by atoms with E-state index in [0.717, 1.165) is 21.7 Å². The van der Waals surface area contributed by atoms with E-state index < -0.39 is 17.1 Å². The van der Waals surface area contributed by atoms with Gasteiger partial charge in [0.15, 0.2) is 5.13 Å². The van der Waals surface area contributed by atoms with E-state index in [2.05, 4.69) is 20.9 Å². The fourth-order valence-electron chi connectivity index (χ4n) is 4.94. The Morgan fingerprint density at radius 1 is 0.780 bits per heavy atom. The Labute approximate surface area is 298 Å². The van der Waals surface area contributed by atoms with Crippen molar-refractivity contribution < 1.29 is 19.1 Å². The van der Waals surface area contributed by atoms with Crippen molar-refractivity contribution in [3.05, 3.63) is 167 Å². The third-order valence-corrected chi connectivity index (χ3v) is 9.45. The van der Waals surface area contributed by atoms with Gasteiger partial charge in [0.2, 0.25) is 5.91 Å². The molecule has 0 aliphatic rings. The summed E-state index contributed by atoms with van der Waals surface area (Å²) < 4.78 is 5.25. The maximum absolute atomic E-state index is 13.8. The van der Waals surface area contributed by atoms with E-state index in [-0.39, 0.29) is 11.6 Å². The zero-order valence-electron chi connectivity index (χ0n) is 26.9. The standard InChI is InChI=1S/C40H32N4O4S2/c1-48-32-22-20-27(21-23-32)24-34(42-37(45)30-16-9-4-10-17-30)38(46)41-31-18-11-19-33(25-31)50-36(29-14-7-3-8-15-29)39(47)44-40-43-35(26-49-40)28-12-5-2-6-13-28/h2-26,36H,1H3,(H,41,46)(H,42,45)(H,43,44,47)/b34-24+. The van der Waals surface area contributed by atoms with Crippen LogP contribution in [0.4, 0.5) is 10.8 Å². The summed E-state index contributed by atoms with van der Waals surface area (Å²) in [7, 11) is 1.58. The molecule has 0 saturated heterocycles.